The van der Waals surface area contributed by atoms with Crippen LogP contribution in [0.1, 0.15) is 10.9 Å². The van der Waals surface area contributed by atoms with Crippen molar-refractivity contribution in [3.63, 3.8) is 0 Å². The molecule has 0 aliphatic carbocycles. The summed E-state index contributed by atoms with van der Waals surface area (Å²) in [6, 6.07) is 1.64. The third-order valence-electron chi connectivity index (χ3n) is 1.15. The van der Waals surface area contributed by atoms with Crippen molar-refractivity contribution in [2.75, 3.05) is 0 Å². The van der Waals surface area contributed by atoms with Crippen LogP contribution in [0, 0.1) is 12.3 Å². The van der Waals surface area contributed by atoms with Crippen LogP contribution in [0.2, 0.25) is 0 Å². The molecule has 0 aromatic carbocycles. The van der Waals surface area contributed by atoms with E-state index in [4.69, 9.17) is 12.2 Å². The molecule has 1 aromatic heterocycles. The number of hydrogen-bond donors (Lipinski definition) is 1. The molecule has 1 heterocycles. The molecule has 0 aliphatic rings. The molecule has 0 fully saturated rings. The molecule has 0 bridgehead atoms. The first-order chi connectivity index (χ1) is 5.15. The van der Waals surface area contributed by atoms with Crippen LogP contribution in [0.5, 0.6) is 0 Å². The molecule has 1 nitrogen and oxygen atoms in total. The number of nitrogens with two attached hydrogens (primary N) is 1. The molecule has 0 amide bonds. The largest absolute Gasteiger partial charge is 0.313 e. The Morgan fingerprint density at radius 3 is 2.64 bits per heavy atom. The first-order valence-corrected chi connectivity index (χ1v) is 5.22. The topological polar surface area (TPSA) is 26.0 Å². The molecule has 0 spiro atoms. The fourth-order valence-corrected chi connectivity index (χ4v) is 2.65. The van der Waals surface area contributed by atoms with E-state index in [1.807, 2.05) is 6.07 Å². The Morgan fingerprint density at radius 1 is 1.64 bits per heavy atom. The monoisotopic (exact) mass is 293 g/mol. The molecule has 0 saturated carbocycles. The van der Waals surface area contributed by atoms with Crippen LogP contribution in [-0.2, 0) is 0 Å². The minimum Gasteiger partial charge on any atom is -0.313 e. The van der Waals surface area contributed by atoms with Gasteiger partial charge in [0.25, 0.3) is 0 Å². The lowest BCUT2D eigenvalue weighted by Gasteiger charge is -1.96. The highest BCUT2D eigenvalue weighted by molar-refractivity contribution is 9.13. The summed E-state index contributed by atoms with van der Waals surface area (Å²) in [7, 11) is 0. The Hall–Kier alpha value is 0.180. The Morgan fingerprint density at radius 2 is 2.27 bits per heavy atom. The van der Waals surface area contributed by atoms with Gasteiger partial charge in [0, 0.05) is 9.35 Å². The highest BCUT2D eigenvalue weighted by Gasteiger charge is 2.08. The first kappa shape index (κ1) is 9.27. The second-order valence-corrected chi connectivity index (χ2v) is 5.17. The molecule has 11 heavy (non-hydrogen) atoms. The predicted molar refractivity (Wildman–Crippen MR) is 55.5 cm³/mol. The van der Waals surface area contributed by atoms with E-state index in [0.717, 1.165) is 13.1 Å². The van der Waals surface area contributed by atoms with Gasteiger partial charge in [-0.15, -0.1) is 17.8 Å². The number of terminal acetylenes is 1. The zero-order chi connectivity index (χ0) is 8.43. The van der Waals surface area contributed by atoms with Gasteiger partial charge < -0.3 is 5.73 Å². The van der Waals surface area contributed by atoms with Crippen LogP contribution in [0.15, 0.2) is 14.3 Å². The summed E-state index contributed by atoms with van der Waals surface area (Å²) in [5.74, 6) is 2.47. The lowest BCUT2D eigenvalue weighted by atomic mass is 10.3. The van der Waals surface area contributed by atoms with E-state index in [1.54, 1.807) is 11.3 Å². The van der Waals surface area contributed by atoms with Crippen molar-refractivity contribution in [1.29, 1.82) is 0 Å². The van der Waals surface area contributed by atoms with Gasteiger partial charge in [0.15, 0.2) is 0 Å². The second-order valence-electron chi connectivity index (χ2n) is 1.91. The van der Waals surface area contributed by atoms with Gasteiger partial charge in [-0.05, 0) is 37.9 Å². The normalized spacial score (nSPS) is 12.5. The highest BCUT2D eigenvalue weighted by Crippen LogP contribution is 2.34. The van der Waals surface area contributed by atoms with E-state index in [9.17, 15) is 0 Å². The zero-order valence-electron chi connectivity index (χ0n) is 5.47. The summed E-state index contributed by atoms with van der Waals surface area (Å²) in [6.07, 6.45) is 5.16. The summed E-state index contributed by atoms with van der Waals surface area (Å²) >= 11 is 8.26. The van der Waals surface area contributed by atoms with Gasteiger partial charge >= 0.3 is 0 Å². The van der Waals surface area contributed by atoms with Crippen LogP contribution in [-0.4, -0.2) is 0 Å². The van der Waals surface area contributed by atoms with E-state index >= 15 is 0 Å². The minimum atomic E-state index is -0.289. The van der Waals surface area contributed by atoms with E-state index in [2.05, 4.69) is 37.8 Å². The van der Waals surface area contributed by atoms with Gasteiger partial charge in [0.2, 0.25) is 0 Å². The third-order valence-corrected chi connectivity index (χ3v) is 4.49. The van der Waals surface area contributed by atoms with Crippen LogP contribution >= 0.6 is 43.2 Å². The smallest absolute Gasteiger partial charge is 0.101 e. The maximum absolute atomic E-state index is 5.61. The molecule has 0 aliphatic heterocycles. The Labute approximate surface area is 86.2 Å². The maximum atomic E-state index is 5.61. The molecule has 0 radical (unpaired) electrons. The average molecular weight is 295 g/mol. The summed E-state index contributed by atoms with van der Waals surface area (Å²) in [4.78, 5) is 0.992. The van der Waals surface area contributed by atoms with Crippen molar-refractivity contribution >= 4 is 43.2 Å². The number of hydrogen-bond acceptors (Lipinski definition) is 2. The molecule has 1 rings (SSSR count). The number of halogens is 2. The standard InChI is InChI=1S/C7H5Br2NS/c1-2-5(10)6-3-4(8)7(9)11-6/h1,3,5H,10H2. The zero-order valence-corrected chi connectivity index (χ0v) is 9.46. The molecule has 1 aromatic rings. The molecular formula is C7H5Br2NS. The lowest BCUT2D eigenvalue weighted by Crippen LogP contribution is -2.04. The molecular weight excluding hydrogens is 290 g/mol. The van der Waals surface area contributed by atoms with Gasteiger partial charge in [-0.3, -0.25) is 0 Å². The fourth-order valence-electron chi connectivity index (χ4n) is 0.599. The quantitative estimate of drug-likeness (QED) is 0.792. The van der Waals surface area contributed by atoms with Crippen LogP contribution in [0.3, 0.4) is 0 Å². The van der Waals surface area contributed by atoms with Crippen molar-refractivity contribution in [1.82, 2.24) is 0 Å². The van der Waals surface area contributed by atoms with Crippen molar-refractivity contribution < 1.29 is 0 Å². The second kappa shape index (κ2) is 3.72. The number of rotatable bonds is 1. The summed E-state index contributed by atoms with van der Waals surface area (Å²) in [6.45, 7) is 0. The summed E-state index contributed by atoms with van der Waals surface area (Å²) < 4.78 is 2.03. The van der Waals surface area contributed by atoms with Gasteiger partial charge in [-0.2, -0.15) is 0 Å². The van der Waals surface area contributed by atoms with E-state index in [0.29, 0.717) is 0 Å². The van der Waals surface area contributed by atoms with E-state index < -0.39 is 0 Å². The van der Waals surface area contributed by atoms with E-state index in [-0.39, 0.29) is 6.04 Å². The van der Waals surface area contributed by atoms with Crippen molar-refractivity contribution in [2.24, 2.45) is 5.73 Å². The Kier molecular flexibility index (Phi) is 3.14. The molecule has 58 valence electrons. The van der Waals surface area contributed by atoms with Crippen molar-refractivity contribution in [2.45, 2.75) is 6.04 Å². The first-order valence-electron chi connectivity index (χ1n) is 2.81. The minimum absolute atomic E-state index is 0.289. The molecule has 0 saturated heterocycles. The molecule has 1 atom stereocenters. The van der Waals surface area contributed by atoms with Crippen LogP contribution < -0.4 is 5.73 Å². The van der Waals surface area contributed by atoms with Crippen LogP contribution in [0.4, 0.5) is 0 Å². The maximum Gasteiger partial charge on any atom is 0.101 e. The van der Waals surface area contributed by atoms with Gasteiger partial charge in [0.1, 0.15) is 6.04 Å². The average Bonchev–Trinajstić information content (AvgIpc) is 2.31. The van der Waals surface area contributed by atoms with Crippen molar-refractivity contribution in [3.8, 4) is 12.3 Å². The Balaban J connectivity index is 2.99. The summed E-state index contributed by atoms with van der Waals surface area (Å²) in [5, 5.41) is 0. The number of thiophene rings is 1. The van der Waals surface area contributed by atoms with E-state index in [1.165, 1.54) is 0 Å². The van der Waals surface area contributed by atoms with Crippen molar-refractivity contribution in [3.05, 3.63) is 19.2 Å². The van der Waals surface area contributed by atoms with Gasteiger partial charge in [-0.25, -0.2) is 0 Å². The Bertz CT molecular complexity index is 280. The molecule has 1 unspecified atom stereocenters. The van der Waals surface area contributed by atoms with Gasteiger partial charge in [-0.1, -0.05) is 5.92 Å². The molecule has 2 N–H and O–H groups in total. The van der Waals surface area contributed by atoms with Gasteiger partial charge in [0.05, 0.1) is 3.79 Å². The fraction of sp³-hybridized carbons (Fsp3) is 0.143. The highest BCUT2D eigenvalue weighted by atomic mass is 79.9. The third kappa shape index (κ3) is 2.06. The lowest BCUT2D eigenvalue weighted by molar-refractivity contribution is 0.973. The molecule has 4 heteroatoms. The van der Waals surface area contributed by atoms with Crippen LogP contribution in [0.25, 0.3) is 0 Å². The SMILES string of the molecule is C#CC(N)c1cc(Br)c(Br)s1. The summed E-state index contributed by atoms with van der Waals surface area (Å²) in [5.41, 5.74) is 5.61. The predicted octanol–water partition coefficient (Wildman–Crippen LogP) is 2.91.